The van der Waals surface area contributed by atoms with Crippen LogP contribution >= 0.6 is 11.8 Å². The van der Waals surface area contributed by atoms with Gasteiger partial charge in [0.25, 0.3) is 5.91 Å². The van der Waals surface area contributed by atoms with E-state index in [1.54, 1.807) is 0 Å². The van der Waals surface area contributed by atoms with Gasteiger partial charge in [0.2, 0.25) is 0 Å². The molecule has 0 aliphatic carbocycles. The number of halogens is 2. The van der Waals surface area contributed by atoms with Crippen molar-refractivity contribution in [2.75, 3.05) is 10.8 Å². The molecule has 0 bridgehead atoms. The van der Waals surface area contributed by atoms with Crippen LogP contribution < -0.4 is 14.4 Å². The summed E-state index contributed by atoms with van der Waals surface area (Å²) in [6, 6.07) is 4.04. The third-order valence-electron chi connectivity index (χ3n) is 2.54. The number of carbonyl (C=O) groups excluding carboxylic acids is 1. The van der Waals surface area contributed by atoms with Gasteiger partial charge < -0.3 is 14.6 Å². The van der Waals surface area contributed by atoms with Gasteiger partial charge in [-0.15, -0.1) is 8.78 Å². The molecule has 0 radical (unpaired) electrons. The molecule has 2 heterocycles. The number of thioether (sulfide) groups is 1. The van der Waals surface area contributed by atoms with Crippen LogP contribution in [0.1, 0.15) is 0 Å². The first-order valence-electron chi connectivity index (χ1n) is 4.97. The maximum absolute atomic E-state index is 12.8. The highest BCUT2D eigenvalue weighted by molar-refractivity contribution is 8.01. The van der Waals surface area contributed by atoms with Crippen LogP contribution in [0, 0.1) is 0 Å². The third-order valence-corrected chi connectivity index (χ3v) is 3.46. The molecule has 1 unspecified atom stereocenters. The first-order chi connectivity index (χ1) is 8.46. The minimum atomic E-state index is -3.68. The summed E-state index contributed by atoms with van der Waals surface area (Å²) < 4.78 is 34.2. The number of amides is 1. The van der Waals surface area contributed by atoms with E-state index in [0.717, 1.165) is 11.8 Å². The molecule has 0 spiro atoms. The van der Waals surface area contributed by atoms with E-state index in [4.69, 9.17) is 0 Å². The van der Waals surface area contributed by atoms with E-state index in [1.807, 2.05) is 0 Å². The van der Waals surface area contributed by atoms with Gasteiger partial charge >= 0.3 is 6.29 Å². The number of fused-ring (bicyclic) bond motifs is 1. The van der Waals surface area contributed by atoms with E-state index >= 15 is 0 Å². The number of aliphatic hydroxyl groups excluding tert-OH is 1. The molecule has 1 saturated heterocycles. The number of hydrogen-bond acceptors (Lipinski definition) is 5. The van der Waals surface area contributed by atoms with Crippen LogP contribution in [-0.2, 0) is 4.79 Å². The van der Waals surface area contributed by atoms with E-state index in [0.29, 0.717) is 5.69 Å². The molecule has 2 aliphatic rings. The van der Waals surface area contributed by atoms with E-state index in [9.17, 15) is 18.7 Å². The topological polar surface area (TPSA) is 59.0 Å². The zero-order valence-electron chi connectivity index (χ0n) is 8.80. The van der Waals surface area contributed by atoms with Crippen LogP contribution in [0.4, 0.5) is 14.5 Å². The quantitative estimate of drug-likeness (QED) is 0.838. The van der Waals surface area contributed by atoms with Crippen molar-refractivity contribution in [2.45, 2.75) is 11.7 Å². The predicted octanol–water partition coefficient (Wildman–Crippen LogP) is 1.36. The van der Waals surface area contributed by atoms with Gasteiger partial charge in [0, 0.05) is 11.8 Å². The fourth-order valence-corrected chi connectivity index (χ4v) is 2.56. The lowest BCUT2D eigenvalue weighted by Crippen LogP contribution is -2.28. The van der Waals surface area contributed by atoms with Gasteiger partial charge in [-0.2, -0.15) is 0 Å². The lowest BCUT2D eigenvalue weighted by Gasteiger charge is -2.14. The monoisotopic (exact) mass is 275 g/mol. The van der Waals surface area contributed by atoms with E-state index in [1.165, 1.54) is 23.1 Å². The van der Waals surface area contributed by atoms with Crippen molar-refractivity contribution < 1.29 is 28.2 Å². The Kier molecular flexibility index (Phi) is 2.39. The molecule has 8 heteroatoms. The molecule has 2 aliphatic heterocycles. The number of benzene rings is 1. The van der Waals surface area contributed by atoms with Crippen LogP contribution in [0.2, 0.25) is 0 Å². The number of rotatable bonds is 1. The summed E-state index contributed by atoms with van der Waals surface area (Å²) in [5.41, 5.74) is -0.735. The molecular weight excluding hydrogens is 268 g/mol. The predicted molar refractivity (Wildman–Crippen MR) is 58.6 cm³/mol. The summed E-state index contributed by atoms with van der Waals surface area (Å²) in [5, 5.41) is 9.30. The highest BCUT2D eigenvalue weighted by Gasteiger charge is 2.44. The van der Waals surface area contributed by atoms with Gasteiger partial charge in [-0.3, -0.25) is 9.69 Å². The van der Waals surface area contributed by atoms with Gasteiger partial charge in [0.15, 0.2) is 16.9 Å². The molecule has 0 saturated carbocycles. The minimum Gasteiger partial charge on any atom is -0.395 e. The van der Waals surface area contributed by atoms with Crippen LogP contribution in [0.5, 0.6) is 11.5 Å². The average Bonchev–Trinajstić information content (AvgIpc) is 2.77. The standard InChI is InChI=1S/C10H7F2NO4S/c11-10(12)16-6-2-1-5(3-7(6)17-10)13-4-18-9(15)8(13)14/h1-3,9,15H,4H2. The SMILES string of the molecule is O=C1C(O)SCN1c1ccc2c(c1)OC(F)(F)O2. The van der Waals surface area contributed by atoms with Gasteiger partial charge in [-0.25, -0.2) is 0 Å². The molecule has 18 heavy (non-hydrogen) atoms. The Hall–Kier alpha value is -1.54. The molecule has 96 valence electrons. The second-order valence-corrected chi connectivity index (χ2v) is 4.75. The fraction of sp³-hybridized carbons (Fsp3) is 0.300. The molecule has 1 N–H and O–H groups in total. The smallest absolute Gasteiger partial charge is 0.395 e. The largest absolute Gasteiger partial charge is 0.586 e. The number of ether oxygens (including phenoxy) is 2. The Labute approximate surface area is 104 Å². The second-order valence-electron chi connectivity index (χ2n) is 3.71. The highest BCUT2D eigenvalue weighted by atomic mass is 32.2. The number of nitrogens with zero attached hydrogens (tertiary/aromatic N) is 1. The molecular formula is C10H7F2NO4S. The van der Waals surface area contributed by atoms with Crippen LogP contribution in [0.3, 0.4) is 0 Å². The maximum Gasteiger partial charge on any atom is 0.586 e. The van der Waals surface area contributed by atoms with Gasteiger partial charge in [0.05, 0.1) is 5.88 Å². The summed E-state index contributed by atoms with van der Waals surface area (Å²) in [6.45, 7) is 0. The molecule has 3 rings (SSSR count). The number of alkyl halides is 2. The lowest BCUT2D eigenvalue weighted by molar-refractivity contribution is -0.286. The zero-order valence-corrected chi connectivity index (χ0v) is 9.62. The second kappa shape index (κ2) is 3.72. The molecule has 1 fully saturated rings. The van der Waals surface area contributed by atoms with Gasteiger partial charge in [-0.05, 0) is 12.1 Å². The van der Waals surface area contributed by atoms with Crippen molar-refractivity contribution >= 4 is 23.4 Å². The van der Waals surface area contributed by atoms with Crippen molar-refractivity contribution in [2.24, 2.45) is 0 Å². The van der Waals surface area contributed by atoms with E-state index in [-0.39, 0.29) is 17.4 Å². The molecule has 1 aromatic carbocycles. The normalized spacial score (nSPS) is 24.7. The molecule has 1 amide bonds. The summed E-state index contributed by atoms with van der Waals surface area (Å²) in [6.07, 6.45) is -3.68. The Bertz CT molecular complexity index is 525. The Morgan fingerprint density at radius 1 is 1.39 bits per heavy atom. The number of aliphatic hydroxyl groups is 1. The lowest BCUT2D eigenvalue weighted by atomic mass is 10.2. The zero-order chi connectivity index (χ0) is 12.9. The highest BCUT2D eigenvalue weighted by Crippen LogP contribution is 2.43. The Morgan fingerprint density at radius 3 is 2.78 bits per heavy atom. The summed E-state index contributed by atoms with van der Waals surface area (Å²) in [5.74, 6) is -0.429. The maximum atomic E-state index is 12.8. The fourth-order valence-electron chi connectivity index (χ4n) is 1.72. The summed E-state index contributed by atoms with van der Waals surface area (Å²) >= 11 is 1.05. The Balaban J connectivity index is 1.91. The van der Waals surface area contributed by atoms with Crippen LogP contribution in [0.15, 0.2) is 18.2 Å². The van der Waals surface area contributed by atoms with Gasteiger partial charge in [-0.1, -0.05) is 11.8 Å². The number of anilines is 1. The van der Waals surface area contributed by atoms with Crippen molar-refractivity contribution in [3.05, 3.63) is 18.2 Å². The first-order valence-corrected chi connectivity index (χ1v) is 6.02. The first kappa shape index (κ1) is 11.5. The molecule has 1 aromatic rings. The summed E-state index contributed by atoms with van der Waals surface area (Å²) in [7, 11) is 0. The Morgan fingerprint density at radius 2 is 2.11 bits per heavy atom. The van der Waals surface area contributed by atoms with Crippen molar-refractivity contribution in [1.29, 1.82) is 0 Å². The number of carbonyl (C=O) groups is 1. The van der Waals surface area contributed by atoms with Gasteiger partial charge in [0.1, 0.15) is 0 Å². The van der Waals surface area contributed by atoms with Crippen molar-refractivity contribution in [3.8, 4) is 11.5 Å². The summed E-state index contributed by atoms with van der Waals surface area (Å²) in [4.78, 5) is 12.9. The molecule has 5 nitrogen and oxygen atoms in total. The third kappa shape index (κ3) is 1.77. The van der Waals surface area contributed by atoms with E-state index in [2.05, 4.69) is 9.47 Å². The van der Waals surface area contributed by atoms with Crippen LogP contribution in [-0.4, -0.2) is 28.6 Å². The van der Waals surface area contributed by atoms with Crippen molar-refractivity contribution in [1.82, 2.24) is 0 Å². The van der Waals surface area contributed by atoms with Crippen molar-refractivity contribution in [3.63, 3.8) is 0 Å². The molecule has 0 aromatic heterocycles. The minimum absolute atomic E-state index is 0.0800. The average molecular weight is 275 g/mol. The van der Waals surface area contributed by atoms with Crippen LogP contribution in [0.25, 0.3) is 0 Å². The number of hydrogen-bond donors (Lipinski definition) is 1. The molecule has 1 atom stereocenters. The van der Waals surface area contributed by atoms with E-state index < -0.39 is 17.6 Å².